The standard InChI is InChI=1S/C25H25F2N7O3/c1-28-24(35)14-5-18(22(27)21(26)6-14)19-8-30-34-12-20(15-7-29-33(9-15)16-10-32(2)11-16)25(31-23(19)34)37-17-3-4-36-13-17/h5-9,12,16-17H,3-4,10-11,13H2,1-2H3,(H,28,35)/t17-/m0/s1. The topological polar surface area (TPSA) is 98.8 Å². The van der Waals surface area contributed by atoms with Crippen molar-refractivity contribution in [1.29, 1.82) is 0 Å². The molecule has 0 unspecified atom stereocenters. The first kappa shape index (κ1) is 23.5. The van der Waals surface area contributed by atoms with Crippen LogP contribution in [0.15, 0.2) is 36.9 Å². The maximum atomic E-state index is 14.9. The summed E-state index contributed by atoms with van der Waals surface area (Å²) < 4.78 is 44.5. The minimum Gasteiger partial charge on any atom is -0.471 e. The molecule has 10 nitrogen and oxygen atoms in total. The Balaban J connectivity index is 1.46. The van der Waals surface area contributed by atoms with E-state index in [1.807, 2.05) is 10.9 Å². The van der Waals surface area contributed by atoms with Crippen LogP contribution < -0.4 is 10.1 Å². The van der Waals surface area contributed by atoms with E-state index in [1.54, 1.807) is 12.4 Å². The lowest BCUT2D eigenvalue weighted by Crippen LogP contribution is -2.45. The van der Waals surface area contributed by atoms with Gasteiger partial charge in [0.25, 0.3) is 5.91 Å². The van der Waals surface area contributed by atoms with E-state index >= 15 is 0 Å². The van der Waals surface area contributed by atoms with Crippen molar-refractivity contribution >= 4 is 11.6 Å². The second-order valence-corrected chi connectivity index (χ2v) is 9.37. The van der Waals surface area contributed by atoms with E-state index in [2.05, 4.69) is 27.5 Å². The second kappa shape index (κ2) is 9.20. The van der Waals surface area contributed by atoms with Crippen LogP contribution in [0.4, 0.5) is 8.78 Å². The smallest absolute Gasteiger partial charge is 0.251 e. The highest BCUT2D eigenvalue weighted by Gasteiger charge is 2.27. The third kappa shape index (κ3) is 4.21. The number of aromatic nitrogens is 5. The van der Waals surface area contributed by atoms with E-state index in [0.29, 0.717) is 37.1 Å². The molecule has 0 bridgehead atoms. The van der Waals surface area contributed by atoms with Crippen LogP contribution in [-0.2, 0) is 4.74 Å². The molecular weight excluding hydrogens is 484 g/mol. The minimum absolute atomic E-state index is 0.0130. The molecule has 0 radical (unpaired) electrons. The normalized spacial score (nSPS) is 18.3. The van der Waals surface area contributed by atoms with Gasteiger partial charge in [-0.25, -0.2) is 13.3 Å². The Morgan fingerprint density at radius 1 is 1.14 bits per heavy atom. The lowest BCUT2D eigenvalue weighted by Gasteiger charge is -2.36. The summed E-state index contributed by atoms with van der Waals surface area (Å²) in [6.07, 6.45) is 7.35. The van der Waals surface area contributed by atoms with E-state index in [-0.39, 0.29) is 28.4 Å². The SMILES string of the molecule is CNC(=O)c1cc(F)c(F)c(-c2cnn3cc(-c4cnn(C5CN(C)C5)c4)c(O[C@H]4CCOC4)nc23)c1. The van der Waals surface area contributed by atoms with Crippen molar-refractivity contribution in [2.45, 2.75) is 18.6 Å². The van der Waals surface area contributed by atoms with Gasteiger partial charge in [0.2, 0.25) is 5.88 Å². The Labute approximate surface area is 210 Å². The number of nitrogens with one attached hydrogen (secondary N) is 1. The van der Waals surface area contributed by atoms with Crippen molar-refractivity contribution in [2.24, 2.45) is 0 Å². The highest BCUT2D eigenvalue weighted by Crippen LogP contribution is 2.35. The van der Waals surface area contributed by atoms with Gasteiger partial charge in [-0.15, -0.1) is 0 Å². The molecule has 3 aromatic heterocycles. The van der Waals surface area contributed by atoms with Crippen LogP contribution in [-0.4, -0.2) is 81.7 Å². The molecule has 0 saturated carbocycles. The zero-order chi connectivity index (χ0) is 25.7. The van der Waals surface area contributed by atoms with Crippen LogP contribution in [0.2, 0.25) is 0 Å². The van der Waals surface area contributed by atoms with Crippen molar-refractivity contribution in [2.75, 3.05) is 40.4 Å². The summed E-state index contributed by atoms with van der Waals surface area (Å²) in [5, 5.41) is 11.3. The summed E-state index contributed by atoms with van der Waals surface area (Å²) in [5.41, 5.74) is 1.83. The monoisotopic (exact) mass is 509 g/mol. The summed E-state index contributed by atoms with van der Waals surface area (Å²) in [5.74, 6) is -2.45. The fourth-order valence-corrected chi connectivity index (χ4v) is 4.71. The molecule has 4 aromatic rings. The molecule has 2 fully saturated rings. The number of ether oxygens (including phenoxy) is 2. The molecule has 1 amide bonds. The molecule has 1 aromatic carbocycles. The van der Waals surface area contributed by atoms with Gasteiger partial charge in [0, 0.05) is 61.2 Å². The second-order valence-electron chi connectivity index (χ2n) is 9.37. The van der Waals surface area contributed by atoms with Gasteiger partial charge in [-0.1, -0.05) is 0 Å². The van der Waals surface area contributed by atoms with Crippen LogP contribution in [0.5, 0.6) is 5.88 Å². The lowest BCUT2D eigenvalue weighted by atomic mass is 10.0. The summed E-state index contributed by atoms with van der Waals surface area (Å²) in [6, 6.07) is 2.44. The molecule has 2 aliphatic rings. The van der Waals surface area contributed by atoms with Gasteiger partial charge >= 0.3 is 0 Å². The number of likely N-dealkylation sites (tertiary alicyclic amines) is 1. The molecule has 5 heterocycles. The van der Waals surface area contributed by atoms with Gasteiger partial charge < -0.3 is 19.7 Å². The van der Waals surface area contributed by atoms with E-state index in [0.717, 1.165) is 24.7 Å². The number of fused-ring (bicyclic) bond motifs is 1. The number of amides is 1. The third-order valence-electron chi connectivity index (χ3n) is 6.76. The first-order valence-electron chi connectivity index (χ1n) is 12.0. The largest absolute Gasteiger partial charge is 0.471 e. The number of carbonyl (C=O) groups is 1. The first-order chi connectivity index (χ1) is 17.9. The predicted octanol–water partition coefficient (Wildman–Crippen LogP) is 2.55. The Kier molecular flexibility index (Phi) is 5.84. The zero-order valence-electron chi connectivity index (χ0n) is 20.3. The molecule has 0 aliphatic carbocycles. The Morgan fingerprint density at radius 3 is 2.70 bits per heavy atom. The Morgan fingerprint density at radius 2 is 1.97 bits per heavy atom. The molecule has 1 N–H and O–H groups in total. The quantitative estimate of drug-likeness (QED) is 0.427. The molecule has 1 atom stereocenters. The minimum atomic E-state index is -1.14. The molecule has 12 heteroatoms. The number of nitrogens with zero attached hydrogens (tertiary/aromatic N) is 6. The third-order valence-corrected chi connectivity index (χ3v) is 6.76. The van der Waals surface area contributed by atoms with Gasteiger partial charge in [0.05, 0.1) is 37.2 Å². The maximum Gasteiger partial charge on any atom is 0.251 e. The maximum absolute atomic E-state index is 14.9. The number of likely N-dealkylation sites (N-methyl/N-ethyl adjacent to an activating group) is 1. The molecule has 2 saturated heterocycles. The van der Waals surface area contributed by atoms with E-state index in [9.17, 15) is 13.6 Å². The van der Waals surface area contributed by atoms with Crippen molar-refractivity contribution in [3.05, 3.63) is 54.1 Å². The number of rotatable bonds is 6. The van der Waals surface area contributed by atoms with Crippen LogP contribution in [0.25, 0.3) is 27.9 Å². The highest BCUT2D eigenvalue weighted by atomic mass is 19.2. The summed E-state index contributed by atoms with van der Waals surface area (Å²) in [4.78, 5) is 19.0. The van der Waals surface area contributed by atoms with Gasteiger partial charge in [-0.3, -0.25) is 9.48 Å². The van der Waals surface area contributed by atoms with Gasteiger partial charge in [-0.2, -0.15) is 15.2 Å². The molecule has 37 heavy (non-hydrogen) atoms. The van der Waals surface area contributed by atoms with E-state index in [4.69, 9.17) is 14.5 Å². The van der Waals surface area contributed by atoms with Gasteiger partial charge in [0.1, 0.15) is 6.10 Å². The number of halogens is 2. The average Bonchev–Trinajstić information content (AvgIpc) is 3.64. The summed E-state index contributed by atoms with van der Waals surface area (Å²) in [7, 11) is 3.48. The summed E-state index contributed by atoms with van der Waals surface area (Å²) >= 11 is 0. The lowest BCUT2D eigenvalue weighted by molar-refractivity contribution is 0.0962. The molecule has 6 rings (SSSR count). The fourth-order valence-electron chi connectivity index (χ4n) is 4.71. The number of hydrogen-bond acceptors (Lipinski definition) is 7. The first-order valence-corrected chi connectivity index (χ1v) is 12.0. The number of benzene rings is 1. The Bertz CT molecular complexity index is 1490. The molecule has 0 spiro atoms. The van der Waals surface area contributed by atoms with Crippen molar-refractivity contribution in [3.8, 4) is 28.1 Å². The average molecular weight is 510 g/mol. The number of carbonyl (C=O) groups excluding carboxylic acids is 1. The number of hydrogen-bond donors (Lipinski definition) is 1. The van der Waals surface area contributed by atoms with Crippen LogP contribution >= 0.6 is 0 Å². The Hall–Kier alpha value is -3.90. The molecule has 2 aliphatic heterocycles. The molecule has 192 valence electrons. The highest BCUT2D eigenvalue weighted by molar-refractivity contribution is 5.96. The van der Waals surface area contributed by atoms with Crippen molar-refractivity contribution < 1.29 is 23.0 Å². The molecular formula is C25H25F2N7O3. The van der Waals surface area contributed by atoms with Crippen LogP contribution in [0.1, 0.15) is 22.8 Å². The van der Waals surface area contributed by atoms with E-state index in [1.165, 1.54) is 23.8 Å². The predicted molar refractivity (Wildman–Crippen MR) is 129 cm³/mol. The van der Waals surface area contributed by atoms with Crippen molar-refractivity contribution in [3.63, 3.8) is 0 Å². The fraction of sp³-hybridized carbons (Fsp3) is 0.360. The zero-order valence-corrected chi connectivity index (χ0v) is 20.3. The summed E-state index contributed by atoms with van der Waals surface area (Å²) in [6.45, 7) is 2.85. The van der Waals surface area contributed by atoms with Gasteiger partial charge in [-0.05, 0) is 19.2 Å². The van der Waals surface area contributed by atoms with Gasteiger partial charge in [0.15, 0.2) is 17.3 Å². The van der Waals surface area contributed by atoms with E-state index < -0.39 is 17.5 Å². The van der Waals surface area contributed by atoms with Crippen LogP contribution in [0, 0.1) is 11.6 Å². The van der Waals surface area contributed by atoms with Crippen molar-refractivity contribution in [1.82, 2.24) is 34.6 Å². The van der Waals surface area contributed by atoms with Crippen LogP contribution in [0.3, 0.4) is 0 Å².